The lowest BCUT2D eigenvalue weighted by Gasteiger charge is -2.19. The quantitative estimate of drug-likeness (QED) is 0.595. The van der Waals surface area contributed by atoms with Gasteiger partial charge in [-0.25, -0.2) is 9.18 Å². The van der Waals surface area contributed by atoms with Crippen LogP contribution in [0.5, 0.6) is 0 Å². The Labute approximate surface area is 174 Å². The Bertz CT molecular complexity index is 947. The molecule has 0 spiro atoms. The molecule has 3 aromatic rings. The minimum atomic E-state index is -0.809. The Morgan fingerprint density at radius 3 is 2.03 bits per heavy atom. The van der Waals surface area contributed by atoms with Crippen LogP contribution in [0, 0.1) is 5.82 Å². The van der Waals surface area contributed by atoms with E-state index in [4.69, 9.17) is 4.74 Å². The summed E-state index contributed by atoms with van der Waals surface area (Å²) in [4.78, 5) is 25.0. The van der Waals surface area contributed by atoms with E-state index >= 15 is 0 Å². The van der Waals surface area contributed by atoms with Gasteiger partial charge in [0.15, 0.2) is 0 Å². The molecule has 6 heteroatoms. The van der Waals surface area contributed by atoms with Crippen LogP contribution >= 0.6 is 0 Å². The first-order valence-corrected chi connectivity index (χ1v) is 9.63. The van der Waals surface area contributed by atoms with Crippen LogP contribution in [0.3, 0.4) is 0 Å². The number of benzene rings is 3. The van der Waals surface area contributed by atoms with Crippen molar-refractivity contribution in [1.82, 2.24) is 10.6 Å². The summed E-state index contributed by atoms with van der Waals surface area (Å²) in [7, 11) is 0. The molecule has 2 amide bonds. The van der Waals surface area contributed by atoms with Crippen molar-refractivity contribution in [3.63, 3.8) is 0 Å². The fraction of sp³-hybridized carbons (Fsp3) is 0.167. The first-order valence-electron chi connectivity index (χ1n) is 9.63. The molecule has 154 valence electrons. The number of nitrogens with one attached hydrogen (secondary N) is 2. The van der Waals surface area contributed by atoms with E-state index in [1.54, 1.807) is 12.1 Å². The number of hydrogen-bond acceptors (Lipinski definition) is 3. The number of hydrogen-bond donors (Lipinski definition) is 2. The molecule has 2 N–H and O–H groups in total. The van der Waals surface area contributed by atoms with Crippen molar-refractivity contribution < 1.29 is 18.7 Å². The topological polar surface area (TPSA) is 67.4 Å². The number of alkyl carbamates (subject to hydrolysis) is 1. The maximum atomic E-state index is 13.0. The molecular formula is C24H23FN2O3. The molecule has 0 radical (unpaired) electrons. The van der Waals surface area contributed by atoms with Gasteiger partial charge in [0.25, 0.3) is 0 Å². The molecule has 0 aliphatic rings. The average molecular weight is 406 g/mol. The van der Waals surface area contributed by atoms with E-state index in [1.165, 1.54) is 12.1 Å². The van der Waals surface area contributed by atoms with Crippen LogP contribution in [-0.2, 0) is 29.1 Å². The lowest BCUT2D eigenvalue weighted by atomic mass is 10.1. The summed E-state index contributed by atoms with van der Waals surface area (Å²) in [6, 6.07) is 23.8. The van der Waals surface area contributed by atoms with Crippen molar-refractivity contribution in [2.24, 2.45) is 0 Å². The van der Waals surface area contributed by atoms with E-state index in [2.05, 4.69) is 10.6 Å². The molecule has 1 unspecified atom stereocenters. The Balaban J connectivity index is 1.60. The minimum absolute atomic E-state index is 0.113. The highest BCUT2D eigenvalue weighted by Crippen LogP contribution is 2.07. The zero-order valence-corrected chi connectivity index (χ0v) is 16.4. The van der Waals surface area contributed by atoms with Gasteiger partial charge in [0.1, 0.15) is 18.5 Å². The van der Waals surface area contributed by atoms with Crippen molar-refractivity contribution in [1.29, 1.82) is 0 Å². The third kappa shape index (κ3) is 6.74. The highest BCUT2D eigenvalue weighted by atomic mass is 19.1. The lowest BCUT2D eigenvalue weighted by molar-refractivity contribution is -0.123. The summed E-state index contributed by atoms with van der Waals surface area (Å²) in [5.41, 5.74) is 2.52. The molecule has 5 nitrogen and oxygen atoms in total. The van der Waals surface area contributed by atoms with E-state index in [9.17, 15) is 14.0 Å². The van der Waals surface area contributed by atoms with Gasteiger partial charge in [-0.3, -0.25) is 4.79 Å². The Hall–Kier alpha value is -3.67. The third-order valence-corrected chi connectivity index (χ3v) is 4.48. The van der Waals surface area contributed by atoms with Gasteiger partial charge in [-0.1, -0.05) is 72.8 Å². The molecule has 0 saturated heterocycles. The zero-order chi connectivity index (χ0) is 21.2. The van der Waals surface area contributed by atoms with Crippen LogP contribution in [0.15, 0.2) is 84.9 Å². The fourth-order valence-electron chi connectivity index (χ4n) is 2.88. The number of ether oxygens (including phenoxy) is 1. The number of carbonyl (C=O) groups excluding carboxylic acids is 2. The van der Waals surface area contributed by atoms with Gasteiger partial charge in [-0.05, 0) is 28.8 Å². The van der Waals surface area contributed by atoms with Crippen LogP contribution in [0.4, 0.5) is 9.18 Å². The molecular weight excluding hydrogens is 383 g/mol. The number of carbonyl (C=O) groups is 2. The maximum Gasteiger partial charge on any atom is 0.408 e. The van der Waals surface area contributed by atoms with Gasteiger partial charge in [-0.2, -0.15) is 0 Å². The van der Waals surface area contributed by atoms with Gasteiger partial charge in [0.2, 0.25) is 5.91 Å². The average Bonchev–Trinajstić information content (AvgIpc) is 2.78. The van der Waals surface area contributed by atoms with Crippen LogP contribution in [0.2, 0.25) is 0 Å². The zero-order valence-electron chi connectivity index (χ0n) is 16.4. The van der Waals surface area contributed by atoms with Crippen LogP contribution in [-0.4, -0.2) is 18.0 Å². The molecule has 0 heterocycles. The summed E-state index contributed by atoms with van der Waals surface area (Å²) in [6.07, 6.45) is -0.354. The van der Waals surface area contributed by atoms with E-state index in [0.717, 1.165) is 16.7 Å². The molecule has 0 aliphatic carbocycles. The fourth-order valence-corrected chi connectivity index (χ4v) is 2.88. The van der Waals surface area contributed by atoms with Gasteiger partial charge >= 0.3 is 6.09 Å². The molecule has 0 saturated carbocycles. The Morgan fingerprint density at radius 2 is 1.40 bits per heavy atom. The third-order valence-electron chi connectivity index (χ3n) is 4.48. The van der Waals surface area contributed by atoms with Gasteiger partial charge < -0.3 is 15.4 Å². The minimum Gasteiger partial charge on any atom is -0.445 e. The largest absolute Gasteiger partial charge is 0.445 e. The summed E-state index contributed by atoms with van der Waals surface area (Å²) in [5, 5.41) is 5.43. The number of amides is 2. The summed E-state index contributed by atoms with van der Waals surface area (Å²) in [6.45, 7) is 0.340. The second kappa shape index (κ2) is 10.8. The second-order valence-electron chi connectivity index (χ2n) is 6.79. The predicted molar refractivity (Wildman–Crippen MR) is 112 cm³/mol. The predicted octanol–water partition coefficient (Wildman–Crippen LogP) is 3.98. The first kappa shape index (κ1) is 21.0. The molecule has 0 aliphatic heterocycles. The molecule has 0 fully saturated rings. The van der Waals surface area contributed by atoms with E-state index in [-0.39, 0.29) is 24.9 Å². The first-order chi connectivity index (χ1) is 14.6. The summed E-state index contributed by atoms with van der Waals surface area (Å²) < 4.78 is 18.3. The van der Waals surface area contributed by atoms with Crippen LogP contribution < -0.4 is 10.6 Å². The van der Waals surface area contributed by atoms with Crippen LogP contribution in [0.1, 0.15) is 16.7 Å². The molecule has 0 bridgehead atoms. The lowest BCUT2D eigenvalue weighted by Crippen LogP contribution is -2.48. The molecule has 3 aromatic carbocycles. The smallest absolute Gasteiger partial charge is 0.408 e. The number of halogens is 1. The van der Waals surface area contributed by atoms with Crippen molar-refractivity contribution in [3.05, 3.63) is 107 Å². The van der Waals surface area contributed by atoms with Gasteiger partial charge in [0, 0.05) is 13.0 Å². The van der Waals surface area contributed by atoms with Crippen molar-refractivity contribution in [2.45, 2.75) is 25.6 Å². The second-order valence-corrected chi connectivity index (χ2v) is 6.79. The normalized spacial score (nSPS) is 11.4. The van der Waals surface area contributed by atoms with E-state index in [1.807, 2.05) is 60.7 Å². The Morgan fingerprint density at radius 1 is 0.800 bits per heavy atom. The highest BCUT2D eigenvalue weighted by Gasteiger charge is 2.22. The number of rotatable bonds is 8. The maximum absolute atomic E-state index is 13.0. The van der Waals surface area contributed by atoms with E-state index < -0.39 is 12.1 Å². The molecule has 30 heavy (non-hydrogen) atoms. The van der Waals surface area contributed by atoms with E-state index in [0.29, 0.717) is 6.42 Å². The van der Waals surface area contributed by atoms with Gasteiger partial charge in [-0.15, -0.1) is 0 Å². The highest BCUT2D eigenvalue weighted by molar-refractivity contribution is 5.85. The summed E-state index contributed by atoms with van der Waals surface area (Å²) >= 11 is 0. The van der Waals surface area contributed by atoms with Crippen LogP contribution in [0.25, 0.3) is 0 Å². The van der Waals surface area contributed by atoms with Crippen molar-refractivity contribution >= 4 is 12.0 Å². The summed E-state index contributed by atoms with van der Waals surface area (Å²) in [5.74, 6) is -0.685. The standard InChI is InChI=1S/C24H23FN2O3/c25-21-13-11-19(12-14-21)16-26-23(28)22(15-18-7-3-1-4-8-18)27-24(29)30-17-20-9-5-2-6-10-20/h1-14,22H,15-17H2,(H,26,28)(H,27,29). The molecule has 3 rings (SSSR count). The van der Waals surface area contributed by atoms with Crippen molar-refractivity contribution in [3.8, 4) is 0 Å². The van der Waals surface area contributed by atoms with Gasteiger partial charge in [0.05, 0.1) is 0 Å². The van der Waals surface area contributed by atoms with Crippen molar-refractivity contribution in [2.75, 3.05) is 0 Å². The molecule has 0 aromatic heterocycles. The monoisotopic (exact) mass is 406 g/mol. The SMILES string of the molecule is O=C(NC(Cc1ccccc1)C(=O)NCc1ccc(F)cc1)OCc1ccccc1. The molecule has 1 atom stereocenters. The Kier molecular flexibility index (Phi) is 7.55.